The van der Waals surface area contributed by atoms with Gasteiger partial charge in [0, 0.05) is 17.6 Å². The van der Waals surface area contributed by atoms with E-state index in [0.29, 0.717) is 10.4 Å². The molecule has 136 valence electrons. The second-order valence-electron chi connectivity index (χ2n) is 5.02. The van der Waals surface area contributed by atoms with E-state index in [1.807, 2.05) is 0 Å². The molecule has 0 spiro atoms. The zero-order valence-electron chi connectivity index (χ0n) is 13.0. The average Bonchev–Trinajstić information content (AvgIpc) is 2.60. The first-order valence-corrected chi connectivity index (χ1v) is 9.87. The Morgan fingerprint density at radius 2 is 1.69 bits per heavy atom. The molecule has 0 fully saturated rings. The Hall–Kier alpha value is -1.44. The Morgan fingerprint density at radius 3 is 2.38 bits per heavy atom. The molecular formula is C16H9Cl4NO4S. The molecule has 0 saturated carbocycles. The van der Waals surface area contributed by atoms with Crippen molar-refractivity contribution in [3.8, 4) is 11.5 Å². The lowest BCUT2D eigenvalue weighted by molar-refractivity contribution is 0.414. The van der Waals surface area contributed by atoms with Crippen molar-refractivity contribution in [3.05, 3.63) is 56.6 Å². The van der Waals surface area contributed by atoms with Crippen molar-refractivity contribution < 1.29 is 17.3 Å². The van der Waals surface area contributed by atoms with E-state index in [1.54, 1.807) is 12.1 Å². The van der Waals surface area contributed by atoms with Crippen LogP contribution in [0.2, 0.25) is 20.1 Å². The van der Waals surface area contributed by atoms with Crippen LogP contribution in [0, 0.1) is 0 Å². The minimum absolute atomic E-state index is 0.0134. The van der Waals surface area contributed by atoms with Gasteiger partial charge in [0.15, 0.2) is 5.75 Å². The zero-order valence-corrected chi connectivity index (χ0v) is 16.8. The number of pyridine rings is 1. The lowest BCUT2D eigenvalue weighted by Crippen LogP contribution is -2.11. The summed E-state index contributed by atoms with van der Waals surface area (Å²) in [5.74, 6) is 0.0712. The summed E-state index contributed by atoms with van der Waals surface area (Å²) in [5, 5.41) is 0.731. The van der Waals surface area contributed by atoms with Gasteiger partial charge in [-0.2, -0.15) is 8.42 Å². The molecule has 1 aromatic heterocycles. The van der Waals surface area contributed by atoms with E-state index in [0.717, 1.165) is 6.07 Å². The van der Waals surface area contributed by atoms with Gasteiger partial charge in [0.25, 0.3) is 0 Å². The van der Waals surface area contributed by atoms with Crippen LogP contribution in [-0.2, 0) is 10.1 Å². The number of hydrogen-bond acceptors (Lipinski definition) is 5. The SMILES string of the molecule is COc1cc(Cl)c(S(=O)(=O)Oc2c(Cl)cc(Cl)c3cccnc23)cc1Cl. The number of rotatable bonds is 4. The van der Waals surface area contributed by atoms with Crippen LogP contribution < -0.4 is 8.92 Å². The summed E-state index contributed by atoms with van der Waals surface area (Å²) in [6.45, 7) is 0. The topological polar surface area (TPSA) is 65.5 Å². The average molecular weight is 453 g/mol. The van der Waals surface area contributed by atoms with Crippen LogP contribution in [0.1, 0.15) is 0 Å². The predicted molar refractivity (Wildman–Crippen MR) is 103 cm³/mol. The molecule has 0 radical (unpaired) electrons. The highest BCUT2D eigenvalue weighted by molar-refractivity contribution is 7.87. The molecule has 0 unspecified atom stereocenters. The quantitative estimate of drug-likeness (QED) is 0.480. The summed E-state index contributed by atoms with van der Waals surface area (Å²) in [6.07, 6.45) is 1.46. The minimum Gasteiger partial charge on any atom is -0.495 e. The molecule has 1 heterocycles. The van der Waals surface area contributed by atoms with Crippen molar-refractivity contribution in [2.45, 2.75) is 4.90 Å². The Kier molecular flexibility index (Phi) is 5.42. The van der Waals surface area contributed by atoms with Crippen LogP contribution in [-0.4, -0.2) is 20.5 Å². The van der Waals surface area contributed by atoms with Gasteiger partial charge < -0.3 is 8.92 Å². The molecular weight excluding hydrogens is 444 g/mol. The van der Waals surface area contributed by atoms with Crippen LogP contribution in [0.5, 0.6) is 11.5 Å². The molecule has 26 heavy (non-hydrogen) atoms. The Labute approximate surface area is 169 Å². The van der Waals surface area contributed by atoms with Gasteiger partial charge in [0.05, 0.1) is 27.2 Å². The standard InChI is InChI=1S/C16H9Cl4NO4S/c1-24-13-6-11(19)14(7-10(13)18)26(22,23)25-16-12(20)5-9(17)8-3-2-4-21-15(8)16/h2-7H,1H3. The summed E-state index contributed by atoms with van der Waals surface area (Å²) in [5.41, 5.74) is 0.198. The molecule has 3 rings (SSSR count). The molecule has 0 aliphatic carbocycles. The molecule has 0 N–H and O–H groups in total. The van der Waals surface area contributed by atoms with Gasteiger partial charge >= 0.3 is 10.1 Å². The van der Waals surface area contributed by atoms with Crippen LogP contribution in [0.15, 0.2) is 41.4 Å². The lowest BCUT2D eigenvalue weighted by Gasteiger charge is -2.13. The van der Waals surface area contributed by atoms with Crippen LogP contribution in [0.25, 0.3) is 10.9 Å². The Balaban J connectivity index is 2.15. The lowest BCUT2D eigenvalue weighted by atomic mass is 10.2. The molecule has 0 atom stereocenters. The second-order valence-corrected chi connectivity index (χ2v) is 8.17. The molecule has 0 aliphatic heterocycles. The number of fused-ring (bicyclic) bond motifs is 1. The van der Waals surface area contributed by atoms with Crippen molar-refractivity contribution in [2.24, 2.45) is 0 Å². The number of aromatic nitrogens is 1. The first-order chi connectivity index (χ1) is 12.2. The van der Waals surface area contributed by atoms with Crippen LogP contribution in [0.4, 0.5) is 0 Å². The van der Waals surface area contributed by atoms with E-state index < -0.39 is 10.1 Å². The van der Waals surface area contributed by atoms with Gasteiger partial charge in [0.2, 0.25) is 0 Å². The van der Waals surface area contributed by atoms with Gasteiger partial charge in [-0.1, -0.05) is 46.4 Å². The maximum Gasteiger partial charge on any atom is 0.340 e. The maximum absolute atomic E-state index is 12.7. The van der Waals surface area contributed by atoms with E-state index in [2.05, 4.69) is 4.98 Å². The zero-order chi connectivity index (χ0) is 19.1. The Bertz CT molecular complexity index is 1120. The molecule has 3 aromatic rings. The summed E-state index contributed by atoms with van der Waals surface area (Å²) >= 11 is 24.3. The number of nitrogens with zero attached hydrogens (tertiary/aromatic N) is 1. The third-order valence-electron chi connectivity index (χ3n) is 3.42. The largest absolute Gasteiger partial charge is 0.495 e. The molecule has 2 aromatic carbocycles. The monoisotopic (exact) mass is 451 g/mol. The van der Waals surface area contributed by atoms with Crippen molar-refractivity contribution >= 4 is 67.4 Å². The highest BCUT2D eigenvalue weighted by atomic mass is 35.5. The molecule has 10 heteroatoms. The summed E-state index contributed by atoms with van der Waals surface area (Å²) < 4.78 is 35.7. The molecule has 5 nitrogen and oxygen atoms in total. The normalized spacial score (nSPS) is 11.6. The third-order valence-corrected chi connectivity index (χ3v) is 6.00. The van der Waals surface area contributed by atoms with Gasteiger partial charge in [0.1, 0.15) is 16.2 Å². The molecule has 0 amide bonds. The first kappa shape index (κ1) is 19.3. The van der Waals surface area contributed by atoms with Gasteiger partial charge in [-0.25, -0.2) is 0 Å². The molecule has 0 bridgehead atoms. The second kappa shape index (κ2) is 7.29. The van der Waals surface area contributed by atoms with Gasteiger partial charge in [-0.15, -0.1) is 0 Å². The van der Waals surface area contributed by atoms with Crippen molar-refractivity contribution in [3.63, 3.8) is 0 Å². The fraction of sp³-hybridized carbons (Fsp3) is 0.0625. The highest BCUT2D eigenvalue weighted by Crippen LogP contribution is 2.40. The third kappa shape index (κ3) is 3.52. The smallest absolute Gasteiger partial charge is 0.340 e. The number of benzene rings is 2. The fourth-order valence-electron chi connectivity index (χ4n) is 2.24. The van der Waals surface area contributed by atoms with Crippen LogP contribution in [0.3, 0.4) is 0 Å². The predicted octanol–water partition coefficient (Wildman–Crippen LogP) is 5.62. The number of hydrogen-bond donors (Lipinski definition) is 0. The first-order valence-electron chi connectivity index (χ1n) is 6.95. The van der Waals surface area contributed by atoms with Crippen molar-refractivity contribution in [2.75, 3.05) is 7.11 Å². The number of ether oxygens (including phenoxy) is 1. The van der Waals surface area contributed by atoms with Gasteiger partial charge in [-0.05, 0) is 24.3 Å². The van der Waals surface area contributed by atoms with E-state index in [9.17, 15) is 8.42 Å². The summed E-state index contributed by atoms with van der Waals surface area (Å²) in [7, 11) is -2.98. The van der Waals surface area contributed by atoms with Crippen molar-refractivity contribution in [1.29, 1.82) is 0 Å². The Morgan fingerprint density at radius 1 is 0.962 bits per heavy atom. The maximum atomic E-state index is 12.7. The van der Waals surface area contributed by atoms with E-state index in [1.165, 1.54) is 25.4 Å². The summed E-state index contributed by atoms with van der Waals surface area (Å²) in [4.78, 5) is 3.78. The van der Waals surface area contributed by atoms with Crippen LogP contribution >= 0.6 is 46.4 Å². The van der Waals surface area contributed by atoms with Gasteiger partial charge in [-0.3, -0.25) is 4.98 Å². The number of methoxy groups -OCH3 is 1. The summed E-state index contributed by atoms with van der Waals surface area (Å²) in [6, 6.07) is 7.11. The number of halogens is 4. The fourth-order valence-corrected chi connectivity index (χ4v) is 4.62. The van der Waals surface area contributed by atoms with E-state index >= 15 is 0 Å². The molecule has 0 aliphatic rings. The highest BCUT2D eigenvalue weighted by Gasteiger charge is 2.26. The molecule has 0 saturated heterocycles. The van der Waals surface area contributed by atoms with E-state index in [-0.39, 0.29) is 37.0 Å². The minimum atomic E-state index is -4.36. The van der Waals surface area contributed by atoms with Crippen molar-refractivity contribution in [1.82, 2.24) is 4.98 Å². The van der Waals surface area contributed by atoms with E-state index in [4.69, 9.17) is 55.3 Å².